The molecule has 0 aromatic rings. The van der Waals surface area contributed by atoms with Crippen molar-refractivity contribution in [3.8, 4) is 0 Å². The number of hydrogen-bond donors (Lipinski definition) is 1. The van der Waals surface area contributed by atoms with Gasteiger partial charge in [-0.25, -0.2) is 0 Å². The Hall–Kier alpha value is -0.690. The van der Waals surface area contributed by atoms with Gasteiger partial charge in [-0.05, 0) is 19.4 Å². The molecule has 126 valence electrons. The van der Waals surface area contributed by atoms with Gasteiger partial charge in [0.2, 0.25) is 0 Å². The van der Waals surface area contributed by atoms with E-state index in [2.05, 4.69) is 6.92 Å². The molecule has 0 atom stereocenters. The van der Waals surface area contributed by atoms with Crippen LogP contribution in [0.25, 0.3) is 0 Å². The van der Waals surface area contributed by atoms with Gasteiger partial charge in [0.15, 0.2) is 0 Å². The third-order valence-electron chi connectivity index (χ3n) is 2.84. The summed E-state index contributed by atoms with van der Waals surface area (Å²) in [4.78, 5) is 12.6. The first-order valence-electron chi connectivity index (χ1n) is 7.88. The summed E-state index contributed by atoms with van der Waals surface area (Å²) >= 11 is 0. The van der Waals surface area contributed by atoms with E-state index in [0.29, 0.717) is 39.6 Å². The van der Waals surface area contributed by atoms with Crippen molar-refractivity contribution < 1.29 is 24.1 Å². The first-order valence-corrected chi connectivity index (χ1v) is 7.88. The van der Waals surface area contributed by atoms with Crippen LogP contribution in [-0.2, 0) is 19.0 Å². The second kappa shape index (κ2) is 15.7. The third-order valence-corrected chi connectivity index (χ3v) is 2.84. The highest BCUT2D eigenvalue weighted by Gasteiger charge is 2.07. The number of aliphatic carboxylic acids is 1. The minimum Gasteiger partial charge on any atom is -0.480 e. The van der Waals surface area contributed by atoms with Crippen LogP contribution >= 0.6 is 0 Å². The minimum absolute atomic E-state index is 0.0722. The van der Waals surface area contributed by atoms with Crippen molar-refractivity contribution in [1.29, 1.82) is 0 Å². The molecule has 0 heterocycles. The van der Waals surface area contributed by atoms with Crippen LogP contribution < -0.4 is 0 Å². The number of carbonyl (C=O) groups is 1. The van der Waals surface area contributed by atoms with E-state index in [1.807, 2.05) is 11.8 Å². The van der Waals surface area contributed by atoms with Crippen LogP contribution in [0.15, 0.2) is 0 Å². The van der Waals surface area contributed by atoms with Crippen LogP contribution in [0, 0.1) is 0 Å². The van der Waals surface area contributed by atoms with Crippen LogP contribution in [0.4, 0.5) is 0 Å². The molecule has 0 rings (SSSR count). The molecular formula is C15H31NO5. The Morgan fingerprint density at radius 3 is 1.95 bits per heavy atom. The van der Waals surface area contributed by atoms with Crippen LogP contribution in [0.3, 0.4) is 0 Å². The average molecular weight is 305 g/mol. The molecule has 0 saturated heterocycles. The molecule has 0 aliphatic rings. The Bertz CT molecular complexity index is 238. The Morgan fingerprint density at radius 2 is 1.43 bits per heavy atom. The number of ether oxygens (including phenoxy) is 3. The Morgan fingerprint density at radius 1 is 0.857 bits per heavy atom. The molecule has 0 amide bonds. The van der Waals surface area contributed by atoms with Gasteiger partial charge >= 0.3 is 5.97 Å². The number of hydrogen-bond acceptors (Lipinski definition) is 5. The summed E-state index contributed by atoms with van der Waals surface area (Å²) in [6.45, 7) is 9.28. The lowest BCUT2D eigenvalue weighted by molar-refractivity contribution is -0.138. The zero-order chi connectivity index (χ0) is 15.8. The SMILES string of the molecule is CCCCOCCOCCOCCN(CCC)CC(=O)O. The fourth-order valence-electron chi connectivity index (χ4n) is 1.76. The summed E-state index contributed by atoms with van der Waals surface area (Å²) in [5, 5.41) is 8.77. The lowest BCUT2D eigenvalue weighted by Crippen LogP contribution is -2.33. The Labute approximate surface area is 128 Å². The van der Waals surface area contributed by atoms with E-state index in [9.17, 15) is 4.79 Å². The second-order valence-electron chi connectivity index (χ2n) is 4.86. The first-order chi connectivity index (χ1) is 10.2. The van der Waals surface area contributed by atoms with Crippen molar-refractivity contribution in [2.75, 3.05) is 59.3 Å². The summed E-state index contributed by atoms with van der Waals surface area (Å²) in [6.07, 6.45) is 3.17. The zero-order valence-electron chi connectivity index (χ0n) is 13.5. The second-order valence-corrected chi connectivity index (χ2v) is 4.86. The maximum Gasteiger partial charge on any atom is 0.317 e. The van der Waals surface area contributed by atoms with Gasteiger partial charge in [-0.15, -0.1) is 0 Å². The van der Waals surface area contributed by atoms with Gasteiger partial charge in [-0.3, -0.25) is 9.69 Å². The van der Waals surface area contributed by atoms with Gasteiger partial charge in [0, 0.05) is 13.2 Å². The van der Waals surface area contributed by atoms with Crippen molar-refractivity contribution in [2.45, 2.75) is 33.1 Å². The minimum atomic E-state index is -0.796. The lowest BCUT2D eigenvalue weighted by atomic mass is 10.4. The summed E-state index contributed by atoms with van der Waals surface area (Å²) < 4.78 is 16.2. The highest BCUT2D eigenvalue weighted by Crippen LogP contribution is 1.92. The predicted molar refractivity (Wildman–Crippen MR) is 81.7 cm³/mol. The number of rotatable bonds is 16. The van der Waals surface area contributed by atoms with E-state index in [-0.39, 0.29) is 6.54 Å². The van der Waals surface area contributed by atoms with Crippen LogP contribution in [0.2, 0.25) is 0 Å². The molecule has 0 aromatic carbocycles. The Kier molecular flexibility index (Phi) is 15.2. The van der Waals surface area contributed by atoms with Crippen molar-refractivity contribution in [3.05, 3.63) is 0 Å². The van der Waals surface area contributed by atoms with E-state index >= 15 is 0 Å². The third kappa shape index (κ3) is 15.5. The molecule has 0 aliphatic heterocycles. The van der Waals surface area contributed by atoms with E-state index in [1.54, 1.807) is 0 Å². The monoisotopic (exact) mass is 305 g/mol. The van der Waals surface area contributed by atoms with Gasteiger partial charge in [0.25, 0.3) is 0 Å². The van der Waals surface area contributed by atoms with Crippen molar-refractivity contribution >= 4 is 5.97 Å². The predicted octanol–water partition coefficient (Wildman–Crippen LogP) is 1.63. The normalized spacial score (nSPS) is 11.2. The topological polar surface area (TPSA) is 68.2 Å². The summed E-state index contributed by atoms with van der Waals surface area (Å²) in [6, 6.07) is 0. The van der Waals surface area contributed by atoms with Crippen molar-refractivity contribution in [1.82, 2.24) is 4.90 Å². The average Bonchev–Trinajstić information content (AvgIpc) is 2.44. The largest absolute Gasteiger partial charge is 0.480 e. The molecule has 6 heteroatoms. The molecule has 0 radical (unpaired) electrons. The molecule has 1 N–H and O–H groups in total. The molecule has 0 fully saturated rings. The van der Waals surface area contributed by atoms with Crippen LogP contribution in [-0.4, -0.2) is 75.3 Å². The van der Waals surface area contributed by atoms with E-state index in [1.165, 1.54) is 0 Å². The van der Waals surface area contributed by atoms with Gasteiger partial charge in [-0.1, -0.05) is 20.3 Å². The molecule has 0 saturated carbocycles. The first kappa shape index (κ1) is 20.3. The number of unbranched alkanes of at least 4 members (excludes halogenated alkanes) is 1. The summed E-state index contributed by atoms with van der Waals surface area (Å²) in [7, 11) is 0. The number of nitrogens with zero attached hydrogens (tertiary/aromatic N) is 1. The van der Waals surface area contributed by atoms with Gasteiger partial charge in [0.05, 0.1) is 39.6 Å². The van der Waals surface area contributed by atoms with Crippen molar-refractivity contribution in [2.24, 2.45) is 0 Å². The molecule has 0 aromatic heterocycles. The molecule has 0 aliphatic carbocycles. The van der Waals surface area contributed by atoms with Gasteiger partial charge in [-0.2, -0.15) is 0 Å². The maximum absolute atomic E-state index is 10.7. The smallest absolute Gasteiger partial charge is 0.317 e. The highest BCUT2D eigenvalue weighted by atomic mass is 16.5. The molecule has 6 nitrogen and oxygen atoms in total. The lowest BCUT2D eigenvalue weighted by Gasteiger charge is -2.19. The summed E-state index contributed by atoms with van der Waals surface area (Å²) in [5.74, 6) is -0.796. The quantitative estimate of drug-likeness (QED) is 0.437. The van der Waals surface area contributed by atoms with Crippen LogP contribution in [0.1, 0.15) is 33.1 Å². The van der Waals surface area contributed by atoms with E-state index in [0.717, 1.165) is 32.4 Å². The number of carboxylic acid groups (broad SMARTS) is 1. The fourth-order valence-corrected chi connectivity index (χ4v) is 1.76. The van der Waals surface area contributed by atoms with Gasteiger partial charge in [0.1, 0.15) is 0 Å². The molecule has 0 spiro atoms. The summed E-state index contributed by atoms with van der Waals surface area (Å²) in [5.41, 5.74) is 0. The molecule has 0 bridgehead atoms. The molecule has 21 heavy (non-hydrogen) atoms. The maximum atomic E-state index is 10.7. The fraction of sp³-hybridized carbons (Fsp3) is 0.933. The van der Waals surface area contributed by atoms with E-state index < -0.39 is 5.97 Å². The molecular weight excluding hydrogens is 274 g/mol. The van der Waals surface area contributed by atoms with Gasteiger partial charge < -0.3 is 19.3 Å². The zero-order valence-corrected chi connectivity index (χ0v) is 13.5. The van der Waals surface area contributed by atoms with Crippen molar-refractivity contribution in [3.63, 3.8) is 0 Å². The molecule has 0 unspecified atom stereocenters. The standard InChI is InChI=1S/C15H31NO5/c1-3-5-8-19-10-12-21-13-11-20-9-7-16(6-4-2)14-15(17)18/h3-14H2,1-2H3,(H,17,18). The van der Waals surface area contributed by atoms with E-state index in [4.69, 9.17) is 19.3 Å². The highest BCUT2D eigenvalue weighted by molar-refractivity contribution is 5.69. The van der Waals surface area contributed by atoms with Crippen LogP contribution in [0.5, 0.6) is 0 Å². The Balaban J connectivity index is 3.31. The number of carboxylic acids is 1.